The summed E-state index contributed by atoms with van der Waals surface area (Å²) in [5.74, 6) is -0.753. The van der Waals surface area contributed by atoms with Gasteiger partial charge in [-0.05, 0) is 70.0 Å². The largest absolute Gasteiger partial charge is 0.497 e. The van der Waals surface area contributed by atoms with Gasteiger partial charge in [-0.2, -0.15) is 0 Å². The second-order valence-corrected chi connectivity index (χ2v) is 11.1. The summed E-state index contributed by atoms with van der Waals surface area (Å²) >= 11 is 0. The molecule has 0 bridgehead atoms. The van der Waals surface area contributed by atoms with E-state index in [9.17, 15) is 19.2 Å². The second kappa shape index (κ2) is 13.3. The van der Waals surface area contributed by atoms with Crippen LogP contribution >= 0.6 is 0 Å². The number of hydrogen-bond donors (Lipinski definition) is 3. The van der Waals surface area contributed by atoms with Crippen LogP contribution in [0.5, 0.6) is 5.75 Å². The molecule has 2 aromatic rings. The van der Waals surface area contributed by atoms with E-state index in [1.54, 1.807) is 33.1 Å². The minimum atomic E-state index is -0.997. The van der Waals surface area contributed by atoms with E-state index in [1.165, 1.54) is 0 Å². The molecule has 0 radical (unpaired) electrons. The van der Waals surface area contributed by atoms with Gasteiger partial charge in [-0.25, -0.2) is 0 Å². The number of amides is 3. The molecule has 10 heteroatoms. The van der Waals surface area contributed by atoms with Gasteiger partial charge < -0.3 is 25.4 Å². The van der Waals surface area contributed by atoms with Gasteiger partial charge in [-0.15, -0.1) is 0 Å². The summed E-state index contributed by atoms with van der Waals surface area (Å²) in [6.45, 7) is 4.43. The lowest BCUT2D eigenvalue weighted by molar-refractivity contribution is -0.134. The number of rotatable bonds is 13. The third-order valence-electron chi connectivity index (χ3n) is 7.82. The van der Waals surface area contributed by atoms with Crippen molar-refractivity contribution in [2.24, 2.45) is 0 Å². The number of ether oxygens (including phenoxy) is 2. The minimum absolute atomic E-state index is 0.174. The maximum absolute atomic E-state index is 13.7. The number of methoxy groups -OCH3 is 1. The van der Waals surface area contributed by atoms with Gasteiger partial charge in [0.25, 0.3) is 0 Å². The van der Waals surface area contributed by atoms with E-state index in [-0.39, 0.29) is 30.6 Å². The van der Waals surface area contributed by atoms with Crippen LogP contribution in [0.3, 0.4) is 0 Å². The highest BCUT2D eigenvalue weighted by molar-refractivity contribution is 5.98. The Morgan fingerprint density at radius 1 is 0.951 bits per heavy atom. The fraction of sp³-hybridized carbons (Fsp3) is 0.484. The number of carbonyl (C=O) groups excluding carboxylic acids is 4. The zero-order valence-corrected chi connectivity index (χ0v) is 24.1. The van der Waals surface area contributed by atoms with Crippen molar-refractivity contribution in [3.8, 4) is 5.75 Å². The number of hydrogen-bond acceptors (Lipinski definition) is 7. The van der Waals surface area contributed by atoms with Gasteiger partial charge in [-0.1, -0.05) is 42.5 Å². The first-order valence-corrected chi connectivity index (χ1v) is 14.1. The van der Waals surface area contributed by atoms with Gasteiger partial charge in [-0.3, -0.25) is 24.1 Å². The van der Waals surface area contributed by atoms with Gasteiger partial charge in [0.05, 0.1) is 25.8 Å². The molecule has 41 heavy (non-hydrogen) atoms. The molecule has 0 unspecified atom stereocenters. The predicted molar refractivity (Wildman–Crippen MR) is 153 cm³/mol. The van der Waals surface area contributed by atoms with Crippen LogP contribution in [0, 0.1) is 0 Å². The van der Waals surface area contributed by atoms with Crippen molar-refractivity contribution >= 4 is 23.5 Å². The van der Waals surface area contributed by atoms with Crippen LogP contribution in [0.1, 0.15) is 37.8 Å². The molecule has 0 spiro atoms. The highest BCUT2D eigenvalue weighted by atomic mass is 16.6. The van der Waals surface area contributed by atoms with Gasteiger partial charge in [0.1, 0.15) is 23.4 Å². The normalized spacial score (nSPS) is 22.2. The Hall–Kier alpha value is -3.76. The summed E-state index contributed by atoms with van der Waals surface area (Å²) in [5.41, 5.74) is 0.742. The van der Waals surface area contributed by atoms with E-state index >= 15 is 0 Å². The third-order valence-corrected chi connectivity index (χ3v) is 7.82. The molecular formula is C31H40N4O6. The van der Waals surface area contributed by atoms with Crippen LogP contribution < -0.4 is 20.7 Å². The first-order chi connectivity index (χ1) is 19.6. The number of likely N-dealkylation sites (tertiary alicyclic amines) is 1. The molecule has 2 aliphatic heterocycles. The Kier molecular flexibility index (Phi) is 9.77. The standard InChI is InChI=1S/C31H40N4O6/c1-20(32-30(39)26-11-8-16-35(26)3)28(37)34-25(18-22-12-14-23(40-4)15-13-22)29(38)33-24(27(36)31(2)19-41-31)17-21-9-6-5-7-10-21/h5-7,9-10,12-15,20,24-26H,8,11,16-19H2,1-4H3,(H,32,39)(H,33,38)(H,34,37)/t20-,24-,25-,26+,31+/m0/s1. The number of Topliss-reactive ketones (excluding diaryl/α,β-unsaturated/α-hetero) is 1. The van der Waals surface area contributed by atoms with Crippen molar-refractivity contribution in [2.45, 2.75) is 69.3 Å². The zero-order valence-electron chi connectivity index (χ0n) is 24.1. The number of nitrogens with one attached hydrogen (secondary N) is 3. The lowest BCUT2D eigenvalue weighted by atomic mass is 9.94. The Morgan fingerprint density at radius 2 is 1.56 bits per heavy atom. The number of carbonyl (C=O) groups is 4. The predicted octanol–water partition coefficient (Wildman–Crippen LogP) is 1.41. The molecule has 0 saturated carbocycles. The van der Waals surface area contributed by atoms with E-state index < -0.39 is 35.5 Å². The average molecular weight is 565 g/mol. The highest BCUT2D eigenvalue weighted by Crippen LogP contribution is 2.29. The van der Waals surface area contributed by atoms with Crippen molar-refractivity contribution < 1.29 is 28.7 Å². The Labute approximate surface area is 241 Å². The molecule has 2 fully saturated rings. The van der Waals surface area contributed by atoms with Crippen LogP contribution in [-0.2, 0) is 36.8 Å². The molecule has 3 amide bonds. The number of epoxide rings is 1. The van der Waals surface area contributed by atoms with E-state index in [0.29, 0.717) is 12.4 Å². The average Bonchev–Trinajstić information content (AvgIpc) is 3.58. The Bertz CT molecular complexity index is 1230. The van der Waals surface area contributed by atoms with E-state index in [1.807, 2.05) is 54.4 Å². The SMILES string of the molecule is COc1ccc(C[C@H](NC(=O)[C@H](C)NC(=O)[C@H]2CCCN2C)C(=O)N[C@@H](Cc2ccccc2)C(=O)[C@@]2(C)CO2)cc1. The molecule has 2 aromatic carbocycles. The van der Waals surface area contributed by atoms with E-state index in [2.05, 4.69) is 16.0 Å². The fourth-order valence-electron chi connectivity index (χ4n) is 5.07. The van der Waals surface area contributed by atoms with Gasteiger partial charge in [0.15, 0.2) is 5.78 Å². The number of ketones is 1. The maximum Gasteiger partial charge on any atom is 0.243 e. The van der Waals surface area contributed by atoms with Gasteiger partial charge >= 0.3 is 0 Å². The zero-order chi connectivity index (χ0) is 29.6. The molecule has 220 valence electrons. The first kappa shape index (κ1) is 30.2. The number of likely N-dealkylation sites (N-methyl/N-ethyl adjacent to an activating group) is 1. The summed E-state index contributed by atoms with van der Waals surface area (Å²) < 4.78 is 10.6. The summed E-state index contributed by atoms with van der Waals surface area (Å²) in [6.07, 6.45) is 2.12. The van der Waals surface area contributed by atoms with Gasteiger partial charge in [0, 0.05) is 6.42 Å². The number of benzene rings is 2. The molecule has 10 nitrogen and oxygen atoms in total. The lowest BCUT2D eigenvalue weighted by Crippen LogP contribution is -2.58. The van der Waals surface area contributed by atoms with E-state index in [0.717, 1.165) is 30.5 Å². The van der Waals surface area contributed by atoms with Crippen LogP contribution in [0.15, 0.2) is 54.6 Å². The maximum atomic E-state index is 13.7. The smallest absolute Gasteiger partial charge is 0.243 e. The summed E-state index contributed by atoms with van der Waals surface area (Å²) in [6, 6.07) is 13.6. The number of nitrogens with zero attached hydrogens (tertiary/aromatic N) is 1. The van der Waals surface area contributed by atoms with Crippen LogP contribution in [-0.4, -0.2) is 85.5 Å². The Balaban J connectivity index is 1.50. The fourth-order valence-corrected chi connectivity index (χ4v) is 5.07. The summed E-state index contributed by atoms with van der Waals surface area (Å²) in [7, 11) is 3.45. The van der Waals surface area contributed by atoms with Crippen molar-refractivity contribution in [2.75, 3.05) is 27.3 Å². The highest BCUT2D eigenvalue weighted by Gasteiger charge is 2.50. The molecular weight excluding hydrogens is 524 g/mol. The van der Waals surface area contributed by atoms with Crippen LogP contribution in [0.2, 0.25) is 0 Å². The summed E-state index contributed by atoms with van der Waals surface area (Å²) in [4.78, 5) is 55.0. The Morgan fingerprint density at radius 3 is 2.15 bits per heavy atom. The van der Waals surface area contributed by atoms with Crippen LogP contribution in [0.4, 0.5) is 0 Å². The van der Waals surface area contributed by atoms with Crippen molar-refractivity contribution in [3.05, 3.63) is 65.7 Å². The quantitative estimate of drug-likeness (QED) is 0.314. The van der Waals surface area contributed by atoms with Crippen LogP contribution in [0.25, 0.3) is 0 Å². The lowest BCUT2D eigenvalue weighted by Gasteiger charge is -2.26. The topological polar surface area (TPSA) is 129 Å². The van der Waals surface area contributed by atoms with Crippen molar-refractivity contribution in [3.63, 3.8) is 0 Å². The third kappa shape index (κ3) is 7.92. The van der Waals surface area contributed by atoms with Gasteiger partial charge in [0.2, 0.25) is 17.7 Å². The van der Waals surface area contributed by atoms with E-state index in [4.69, 9.17) is 9.47 Å². The molecule has 5 atom stereocenters. The van der Waals surface area contributed by atoms with Crippen molar-refractivity contribution in [1.29, 1.82) is 0 Å². The molecule has 4 rings (SSSR count). The summed E-state index contributed by atoms with van der Waals surface area (Å²) in [5, 5.41) is 8.48. The molecule has 2 heterocycles. The first-order valence-electron chi connectivity index (χ1n) is 14.1. The molecule has 0 aromatic heterocycles. The monoisotopic (exact) mass is 564 g/mol. The molecule has 2 aliphatic rings. The second-order valence-electron chi connectivity index (χ2n) is 11.1. The van der Waals surface area contributed by atoms with Crippen molar-refractivity contribution in [1.82, 2.24) is 20.9 Å². The molecule has 2 saturated heterocycles. The molecule has 3 N–H and O–H groups in total. The molecule has 0 aliphatic carbocycles. The minimum Gasteiger partial charge on any atom is -0.497 e.